The van der Waals surface area contributed by atoms with E-state index in [1.54, 1.807) is 7.05 Å². The lowest BCUT2D eigenvalue weighted by molar-refractivity contribution is -0.151. The number of amides is 2. The van der Waals surface area contributed by atoms with Crippen LogP contribution in [0.4, 0.5) is 0 Å². The lowest BCUT2D eigenvalue weighted by atomic mass is 10.2. The highest BCUT2D eigenvalue weighted by Gasteiger charge is 2.35. The van der Waals surface area contributed by atoms with Crippen LogP contribution in [0.15, 0.2) is 0 Å². The number of hydrogen-bond donors (Lipinski definition) is 0. The fourth-order valence-electron chi connectivity index (χ4n) is 2.06. The van der Waals surface area contributed by atoms with E-state index < -0.39 is 21.7 Å². The molecule has 0 aliphatic carbocycles. The third-order valence-electron chi connectivity index (χ3n) is 3.45. The van der Waals surface area contributed by atoms with Gasteiger partial charge in [-0.2, -0.15) is 0 Å². The van der Waals surface area contributed by atoms with Gasteiger partial charge in [-0.1, -0.05) is 13.3 Å². The number of nitrogens with zero attached hydrogens (tertiary/aromatic N) is 2. The van der Waals surface area contributed by atoms with E-state index in [1.165, 1.54) is 16.8 Å². The lowest BCUT2D eigenvalue weighted by Gasteiger charge is -2.25. The molecule has 0 bridgehead atoms. The number of unbranched alkanes of at least 4 members (excludes halogenated alkanes) is 1. The van der Waals surface area contributed by atoms with Gasteiger partial charge in [-0.3, -0.25) is 9.59 Å². The van der Waals surface area contributed by atoms with E-state index in [2.05, 4.69) is 0 Å². The van der Waals surface area contributed by atoms with Crippen LogP contribution >= 0.6 is 0 Å². The number of rotatable bonds is 4. The molecule has 1 heterocycles. The maximum absolute atomic E-state index is 12.0. The molecule has 0 radical (unpaired) electrons. The van der Waals surface area contributed by atoms with Crippen LogP contribution in [-0.4, -0.2) is 68.2 Å². The van der Waals surface area contributed by atoms with Crippen molar-refractivity contribution in [1.29, 1.82) is 0 Å². The molecule has 0 spiro atoms. The van der Waals surface area contributed by atoms with Gasteiger partial charge in [0.25, 0.3) is 0 Å². The van der Waals surface area contributed by atoms with Gasteiger partial charge in [0.15, 0.2) is 9.84 Å². The normalized spacial score (nSPS) is 21.1. The largest absolute Gasteiger partial charge is 0.338 e. The van der Waals surface area contributed by atoms with Gasteiger partial charge in [-0.25, -0.2) is 8.42 Å². The first kappa shape index (κ1) is 15.9. The zero-order valence-corrected chi connectivity index (χ0v) is 12.6. The van der Waals surface area contributed by atoms with Crippen LogP contribution < -0.4 is 0 Å². The zero-order valence-electron chi connectivity index (χ0n) is 11.8. The van der Waals surface area contributed by atoms with E-state index in [0.29, 0.717) is 13.0 Å². The van der Waals surface area contributed by atoms with Crippen molar-refractivity contribution in [1.82, 2.24) is 9.80 Å². The van der Waals surface area contributed by atoms with Crippen LogP contribution in [0.1, 0.15) is 26.2 Å². The molecule has 19 heavy (non-hydrogen) atoms. The predicted octanol–water partition coefficient (Wildman–Crippen LogP) is -0.110. The number of hydrogen-bond acceptors (Lipinski definition) is 4. The fraction of sp³-hybridized carbons (Fsp3) is 0.833. The highest BCUT2D eigenvalue weighted by molar-refractivity contribution is 7.91. The molecule has 1 saturated heterocycles. The van der Waals surface area contributed by atoms with Gasteiger partial charge >= 0.3 is 11.8 Å². The molecule has 110 valence electrons. The summed E-state index contributed by atoms with van der Waals surface area (Å²) in [6.45, 7) is 2.55. The molecule has 1 unspecified atom stereocenters. The van der Waals surface area contributed by atoms with Crippen LogP contribution in [0.2, 0.25) is 0 Å². The van der Waals surface area contributed by atoms with Gasteiger partial charge in [0, 0.05) is 26.7 Å². The second kappa shape index (κ2) is 6.36. The van der Waals surface area contributed by atoms with E-state index in [4.69, 9.17) is 0 Å². The van der Waals surface area contributed by atoms with Crippen molar-refractivity contribution < 1.29 is 18.0 Å². The van der Waals surface area contributed by atoms with Crippen LogP contribution in [0.25, 0.3) is 0 Å². The Bertz CT molecular complexity index is 447. The summed E-state index contributed by atoms with van der Waals surface area (Å²) in [6.07, 6.45) is 2.20. The second-order valence-corrected chi connectivity index (χ2v) is 7.28. The molecule has 1 rings (SSSR count). The average Bonchev–Trinajstić information content (AvgIpc) is 2.73. The van der Waals surface area contributed by atoms with Crippen LogP contribution in [0, 0.1) is 0 Å². The summed E-state index contributed by atoms with van der Waals surface area (Å²) in [5, 5.41) is 0. The molecule has 0 saturated carbocycles. The van der Waals surface area contributed by atoms with Crippen molar-refractivity contribution in [3.8, 4) is 0 Å². The molecule has 7 heteroatoms. The topological polar surface area (TPSA) is 74.8 Å². The quantitative estimate of drug-likeness (QED) is 0.677. The number of carbonyl (C=O) groups excluding carboxylic acids is 2. The van der Waals surface area contributed by atoms with E-state index in [0.717, 1.165) is 12.8 Å². The fourth-order valence-corrected chi connectivity index (χ4v) is 3.83. The molecular formula is C12H22N2O4S. The molecule has 0 aromatic carbocycles. The van der Waals surface area contributed by atoms with Crippen LogP contribution in [0.5, 0.6) is 0 Å². The molecule has 6 nitrogen and oxygen atoms in total. The Balaban J connectivity index is 2.59. The van der Waals surface area contributed by atoms with E-state index in [1.807, 2.05) is 6.92 Å². The maximum atomic E-state index is 12.0. The lowest BCUT2D eigenvalue weighted by Crippen LogP contribution is -2.47. The van der Waals surface area contributed by atoms with Crippen LogP contribution in [-0.2, 0) is 19.4 Å². The molecule has 0 aromatic rings. The van der Waals surface area contributed by atoms with E-state index >= 15 is 0 Å². The molecule has 2 amide bonds. The van der Waals surface area contributed by atoms with E-state index in [-0.39, 0.29) is 17.5 Å². The molecule has 0 N–H and O–H groups in total. The van der Waals surface area contributed by atoms with Gasteiger partial charge in [-0.05, 0) is 12.8 Å². The Morgan fingerprint density at radius 1 is 1.21 bits per heavy atom. The first-order valence-corrected chi connectivity index (χ1v) is 8.33. The van der Waals surface area contributed by atoms with Crippen LogP contribution in [0.3, 0.4) is 0 Å². The Kier molecular flexibility index (Phi) is 5.34. The van der Waals surface area contributed by atoms with Gasteiger partial charge in [0.2, 0.25) is 0 Å². The number of likely N-dealkylation sites (N-methyl/N-ethyl adjacent to an activating group) is 2. The highest BCUT2D eigenvalue weighted by atomic mass is 32.2. The molecule has 1 aliphatic rings. The van der Waals surface area contributed by atoms with Gasteiger partial charge < -0.3 is 9.80 Å². The molecule has 1 atom stereocenters. The third-order valence-corrected chi connectivity index (χ3v) is 5.20. The first-order chi connectivity index (χ1) is 8.78. The SMILES string of the molecule is CCCCN(C)C(=O)C(=O)N(C)C1CCS(=O)(=O)C1. The molecule has 0 aromatic heterocycles. The minimum Gasteiger partial charge on any atom is -0.338 e. The smallest absolute Gasteiger partial charge is 0.312 e. The number of sulfone groups is 1. The summed E-state index contributed by atoms with van der Waals surface area (Å²) in [7, 11) is 0.0389. The minimum atomic E-state index is -3.05. The van der Waals surface area contributed by atoms with Crippen molar-refractivity contribution in [2.24, 2.45) is 0 Å². The van der Waals surface area contributed by atoms with Gasteiger partial charge in [0.1, 0.15) is 0 Å². The standard InChI is InChI=1S/C12H22N2O4S/c1-4-5-7-13(2)11(15)12(16)14(3)10-6-8-19(17,18)9-10/h10H,4-9H2,1-3H3. The van der Waals surface area contributed by atoms with E-state index in [9.17, 15) is 18.0 Å². The second-order valence-electron chi connectivity index (χ2n) is 5.05. The van der Waals surface area contributed by atoms with Gasteiger partial charge in [-0.15, -0.1) is 0 Å². The highest BCUT2D eigenvalue weighted by Crippen LogP contribution is 2.16. The third kappa shape index (κ3) is 4.19. The zero-order chi connectivity index (χ0) is 14.6. The summed E-state index contributed by atoms with van der Waals surface area (Å²) in [5.74, 6) is -1.14. The minimum absolute atomic E-state index is 0.0405. The van der Waals surface area contributed by atoms with Crippen molar-refractivity contribution in [3.05, 3.63) is 0 Å². The Labute approximate surface area is 114 Å². The summed E-state index contributed by atoms with van der Waals surface area (Å²) >= 11 is 0. The summed E-state index contributed by atoms with van der Waals surface area (Å²) in [5.41, 5.74) is 0. The maximum Gasteiger partial charge on any atom is 0.312 e. The molecule has 1 fully saturated rings. The Morgan fingerprint density at radius 2 is 1.84 bits per heavy atom. The average molecular weight is 290 g/mol. The Hall–Kier alpha value is -1.11. The number of carbonyl (C=O) groups is 2. The summed E-state index contributed by atoms with van der Waals surface area (Å²) < 4.78 is 22.8. The monoisotopic (exact) mass is 290 g/mol. The first-order valence-electron chi connectivity index (χ1n) is 6.51. The van der Waals surface area contributed by atoms with Gasteiger partial charge in [0.05, 0.1) is 11.5 Å². The summed E-state index contributed by atoms with van der Waals surface area (Å²) in [6, 6.07) is -0.374. The van der Waals surface area contributed by atoms with Crippen molar-refractivity contribution in [2.75, 3.05) is 32.1 Å². The molecule has 1 aliphatic heterocycles. The molecular weight excluding hydrogens is 268 g/mol. The predicted molar refractivity (Wildman–Crippen MR) is 72.4 cm³/mol. The summed E-state index contributed by atoms with van der Waals surface area (Å²) in [4.78, 5) is 26.5. The van der Waals surface area contributed by atoms with Crippen molar-refractivity contribution in [2.45, 2.75) is 32.2 Å². The van der Waals surface area contributed by atoms with Crippen molar-refractivity contribution >= 4 is 21.7 Å². The Morgan fingerprint density at radius 3 is 2.32 bits per heavy atom. The van der Waals surface area contributed by atoms with Crippen molar-refractivity contribution in [3.63, 3.8) is 0 Å².